The maximum Gasteiger partial charge on any atom is 0.312 e. The molecule has 0 bridgehead atoms. The molecule has 2 aromatic carbocycles. The molecule has 5 heteroatoms. The van der Waals surface area contributed by atoms with Crippen molar-refractivity contribution >= 4 is 29.3 Å². The summed E-state index contributed by atoms with van der Waals surface area (Å²) in [5.41, 5.74) is 0.913. The van der Waals surface area contributed by atoms with E-state index in [-0.39, 0.29) is 12.5 Å². The van der Waals surface area contributed by atoms with Crippen molar-refractivity contribution in [3.63, 3.8) is 0 Å². The van der Waals surface area contributed by atoms with E-state index >= 15 is 0 Å². The van der Waals surface area contributed by atoms with Crippen LogP contribution in [0.15, 0.2) is 65.6 Å². The van der Waals surface area contributed by atoms with Gasteiger partial charge in [0.05, 0.1) is 12.0 Å². The number of esters is 1. The van der Waals surface area contributed by atoms with Gasteiger partial charge in [-0.05, 0) is 17.7 Å². The number of hydrogen-bond donors (Lipinski definition) is 1. The minimum absolute atomic E-state index is 0.000450. The molecule has 122 valence electrons. The Balaban J connectivity index is 1.92. The lowest BCUT2D eigenvalue weighted by Gasteiger charge is -2.19. The summed E-state index contributed by atoms with van der Waals surface area (Å²) in [6.45, 7) is 0.196. The molecule has 0 heterocycles. The number of aliphatic hydroxyl groups is 1. The Bertz CT molecular complexity index is 592. The van der Waals surface area contributed by atoms with Gasteiger partial charge in [0.25, 0.3) is 0 Å². The van der Waals surface area contributed by atoms with Crippen LogP contribution in [0.2, 0.25) is 0 Å². The van der Waals surface area contributed by atoms with Gasteiger partial charge in [-0.2, -0.15) is 0 Å². The molecule has 0 aliphatic rings. The van der Waals surface area contributed by atoms with Crippen LogP contribution in [0.3, 0.4) is 0 Å². The monoisotopic (exact) mass is 350 g/mol. The molecule has 2 unspecified atom stereocenters. The van der Waals surface area contributed by atoms with Crippen LogP contribution in [0.4, 0.5) is 0 Å². The molecule has 0 fully saturated rings. The topological polar surface area (TPSA) is 46.5 Å². The van der Waals surface area contributed by atoms with Gasteiger partial charge in [-0.25, -0.2) is 0 Å². The highest BCUT2D eigenvalue weighted by Gasteiger charge is 2.28. The highest BCUT2D eigenvalue weighted by atomic mass is 35.5. The molecule has 0 saturated carbocycles. The number of hydrogen-bond acceptors (Lipinski definition) is 4. The smallest absolute Gasteiger partial charge is 0.312 e. The van der Waals surface area contributed by atoms with E-state index in [4.69, 9.17) is 16.3 Å². The maximum atomic E-state index is 12.3. The normalized spacial score (nSPS) is 13.3. The largest absolute Gasteiger partial charge is 0.461 e. The Morgan fingerprint density at radius 3 is 2.30 bits per heavy atom. The molecule has 0 radical (unpaired) electrons. The molecular formula is C18H19ClO3S. The average Bonchev–Trinajstić information content (AvgIpc) is 2.61. The number of thioether (sulfide) groups is 1. The van der Waals surface area contributed by atoms with E-state index in [1.54, 1.807) is 0 Å². The molecule has 2 rings (SSSR count). The first-order valence-electron chi connectivity index (χ1n) is 7.33. The first-order chi connectivity index (χ1) is 11.2. The molecular weight excluding hydrogens is 332 g/mol. The zero-order valence-corrected chi connectivity index (χ0v) is 14.2. The summed E-state index contributed by atoms with van der Waals surface area (Å²) < 4.78 is 5.33. The van der Waals surface area contributed by atoms with Crippen molar-refractivity contribution < 1.29 is 14.6 Å². The fraction of sp³-hybridized carbons (Fsp3) is 0.278. The van der Waals surface area contributed by atoms with Crippen LogP contribution in [0.1, 0.15) is 5.56 Å². The van der Waals surface area contributed by atoms with Crippen molar-refractivity contribution in [2.75, 3.05) is 11.6 Å². The lowest BCUT2D eigenvalue weighted by molar-refractivity contribution is -0.152. The minimum atomic E-state index is -0.920. The van der Waals surface area contributed by atoms with E-state index in [0.717, 1.165) is 10.5 Å². The Hall–Kier alpha value is -1.49. The predicted molar refractivity (Wildman–Crippen MR) is 93.6 cm³/mol. The third kappa shape index (κ3) is 5.90. The Morgan fingerprint density at radius 1 is 1.09 bits per heavy atom. The number of carbonyl (C=O) groups excluding carboxylic acids is 1. The molecule has 0 amide bonds. The molecule has 0 spiro atoms. The molecule has 1 N–H and O–H groups in total. The highest BCUT2D eigenvalue weighted by Crippen LogP contribution is 2.23. The Labute approximate surface area is 145 Å². The lowest BCUT2D eigenvalue weighted by atomic mass is 10.1. The first-order valence-corrected chi connectivity index (χ1v) is 8.85. The van der Waals surface area contributed by atoms with E-state index < -0.39 is 18.0 Å². The molecule has 2 atom stereocenters. The molecule has 0 aliphatic carbocycles. The van der Waals surface area contributed by atoms with Gasteiger partial charge in [0.1, 0.15) is 6.61 Å². The Morgan fingerprint density at radius 2 is 1.70 bits per heavy atom. The molecule has 0 aliphatic heterocycles. The highest BCUT2D eigenvalue weighted by molar-refractivity contribution is 7.99. The summed E-state index contributed by atoms with van der Waals surface area (Å²) in [5, 5.41) is 10.0. The predicted octanol–water partition coefficient (Wildman–Crippen LogP) is 3.74. The second kappa shape index (κ2) is 9.60. The number of carbonyl (C=O) groups is 1. The molecule has 0 saturated heterocycles. The number of rotatable bonds is 8. The molecule has 2 aromatic rings. The van der Waals surface area contributed by atoms with E-state index in [1.165, 1.54) is 11.8 Å². The molecule has 3 nitrogen and oxygen atoms in total. The van der Waals surface area contributed by atoms with Crippen LogP contribution >= 0.6 is 23.4 Å². The zero-order valence-electron chi connectivity index (χ0n) is 12.6. The fourth-order valence-corrected chi connectivity index (χ4v) is 3.28. The summed E-state index contributed by atoms with van der Waals surface area (Å²) in [6, 6.07) is 19.2. The summed E-state index contributed by atoms with van der Waals surface area (Å²) >= 11 is 7.23. The standard InChI is InChI=1S/C18H19ClO3S/c19-11-17(20)16(13-23-15-9-5-2-6-10-15)18(21)22-12-14-7-3-1-4-8-14/h1-10,16-17,20H,11-13H2. The van der Waals surface area contributed by atoms with Gasteiger partial charge in [-0.1, -0.05) is 48.5 Å². The van der Waals surface area contributed by atoms with Crippen LogP contribution in [0.25, 0.3) is 0 Å². The Kier molecular flexibility index (Phi) is 7.46. The van der Waals surface area contributed by atoms with E-state index in [9.17, 15) is 9.90 Å². The first kappa shape index (κ1) is 17.9. The van der Waals surface area contributed by atoms with Crippen molar-refractivity contribution in [2.24, 2.45) is 5.92 Å². The van der Waals surface area contributed by atoms with Gasteiger partial charge in [0, 0.05) is 16.5 Å². The quantitative estimate of drug-likeness (QED) is 0.447. The van der Waals surface area contributed by atoms with Crippen molar-refractivity contribution in [3.05, 3.63) is 66.2 Å². The van der Waals surface area contributed by atoms with Crippen LogP contribution in [0.5, 0.6) is 0 Å². The van der Waals surface area contributed by atoms with Gasteiger partial charge in [-0.3, -0.25) is 4.79 Å². The third-order valence-corrected chi connectivity index (χ3v) is 4.77. The SMILES string of the molecule is O=C(OCc1ccccc1)C(CSc1ccccc1)C(O)CCl. The number of benzene rings is 2. The minimum Gasteiger partial charge on any atom is -0.461 e. The van der Waals surface area contributed by atoms with Gasteiger partial charge >= 0.3 is 5.97 Å². The number of aliphatic hydroxyl groups excluding tert-OH is 1. The van der Waals surface area contributed by atoms with Crippen LogP contribution < -0.4 is 0 Å². The van der Waals surface area contributed by atoms with Gasteiger partial charge in [0.2, 0.25) is 0 Å². The fourth-order valence-electron chi connectivity index (χ4n) is 1.98. The van der Waals surface area contributed by atoms with Gasteiger partial charge in [0.15, 0.2) is 0 Å². The number of alkyl halides is 1. The van der Waals surface area contributed by atoms with E-state index in [0.29, 0.717) is 5.75 Å². The van der Waals surface area contributed by atoms with Crippen molar-refractivity contribution in [3.8, 4) is 0 Å². The van der Waals surface area contributed by atoms with E-state index in [2.05, 4.69) is 0 Å². The van der Waals surface area contributed by atoms with Crippen molar-refractivity contribution in [1.29, 1.82) is 0 Å². The second-order valence-electron chi connectivity index (χ2n) is 5.05. The van der Waals surface area contributed by atoms with Crippen molar-refractivity contribution in [2.45, 2.75) is 17.6 Å². The summed E-state index contributed by atoms with van der Waals surface area (Å²) in [4.78, 5) is 13.3. The lowest BCUT2D eigenvalue weighted by Crippen LogP contribution is -2.33. The van der Waals surface area contributed by atoms with Crippen LogP contribution in [-0.4, -0.2) is 28.8 Å². The van der Waals surface area contributed by atoms with Crippen LogP contribution in [-0.2, 0) is 16.1 Å². The van der Waals surface area contributed by atoms with E-state index in [1.807, 2.05) is 60.7 Å². The molecule has 0 aromatic heterocycles. The van der Waals surface area contributed by atoms with Crippen LogP contribution in [0, 0.1) is 5.92 Å². The van der Waals surface area contributed by atoms with Gasteiger partial charge < -0.3 is 9.84 Å². The third-order valence-electron chi connectivity index (χ3n) is 3.32. The summed E-state index contributed by atoms with van der Waals surface area (Å²) in [6.07, 6.45) is -0.920. The summed E-state index contributed by atoms with van der Waals surface area (Å²) in [7, 11) is 0. The number of halogens is 1. The average molecular weight is 351 g/mol. The van der Waals surface area contributed by atoms with Gasteiger partial charge in [-0.15, -0.1) is 23.4 Å². The van der Waals surface area contributed by atoms with Crippen molar-refractivity contribution in [1.82, 2.24) is 0 Å². The zero-order chi connectivity index (χ0) is 16.5. The second-order valence-corrected chi connectivity index (χ2v) is 6.45. The summed E-state index contributed by atoms with van der Waals surface area (Å²) in [5.74, 6) is -0.654. The maximum absolute atomic E-state index is 12.3. The number of ether oxygens (including phenoxy) is 1. The molecule has 23 heavy (non-hydrogen) atoms.